The van der Waals surface area contributed by atoms with Crippen molar-refractivity contribution in [1.82, 2.24) is 5.32 Å². The van der Waals surface area contributed by atoms with Crippen LogP contribution in [0.2, 0.25) is 5.02 Å². The number of amides is 2. The van der Waals surface area contributed by atoms with Crippen molar-refractivity contribution in [2.75, 3.05) is 11.9 Å². The molecular formula is C25H25ClN2O3. The summed E-state index contributed by atoms with van der Waals surface area (Å²) >= 11 is 6.23. The lowest BCUT2D eigenvalue weighted by molar-refractivity contribution is -0.118. The normalized spacial score (nSPS) is 14.2. The molecule has 2 N–H and O–H groups in total. The maximum absolute atomic E-state index is 12.6. The molecule has 5 nitrogen and oxygen atoms in total. The summed E-state index contributed by atoms with van der Waals surface area (Å²) in [4.78, 5) is 25.0. The Morgan fingerprint density at radius 2 is 1.71 bits per heavy atom. The number of ether oxygens (including phenoxy) is 1. The molecule has 0 atom stereocenters. The molecule has 0 aliphatic heterocycles. The molecular weight excluding hydrogens is 412 g/mol. The molecule has 1 aliphatic rings. The lowest BCUT2D eigenvalue weighted by Crippen LogP contribution is -2.36. The Morgan fingerprint density at radius 3 is 2.52 bits per heavy atom. The fourth-order valence-corrected chi connectivity index (χ4v) is 4.04. The number of rotatable bonds is 6. The largest absolute Gasteiger partial charge is 0.484 e. The van der Waals surface area contributed by atoms with Gasteiger partial charge in [0, 0.05) is 11.6 Å². The van der Waals surface area contributed by atoms with E-state index in [4.69, 9.17) is 16.3 Å². The number of hydrogen-bond acceptors (Lipinski definition) is 3. The van der Waals surface area contributed by atoms with Gasteiger partial charge in [-0.15, -0.1) is 0 Å². The summed E-state index contributed by atoms with van der Waals surface area (Å²) in [7, 11) is 0. The standard InChI is InChI=1S/C25H25ClN2O3/c26-22-13-11-19(25(30)27-20-8-2-1-3-9-20)15-23(22)28-24(29)16-31-21-12-10-17-6-4-5-7-18(17)14-21/h4-7,10-15,20H,1-3,8-9,16H2,(H,27,30)(H,28,29). The van der Waals surface area contributed by atoms with Crippen LogP contribution in [0.1, 0.15) is 42.5 Å². The summed E-state index contributed by atoms with van der Waals surface area (Å²) in [6, 6.07) is 18.7. The molecule has 0 bridgehead atoms. The van der Waals surface area contributed by atoms with Gasteiger partial charge < -0.3 is 15.4 Å². The van der Waals surface area contributed by atoms with Gasteiger partial charge in [0.15, 0.2) is 6.61 Å². The van der Waals surface area contributed by atoms with Crippen molar-refractivity contribution in [2.45, 2.75) is 38.1 Å². The van der Waals surface area contributed by atoms with Crippen molar-refractivity contribution < 1.29 is 14.3 Å². The van der Waals surface area contributed by atoms with Crippen molar-refractivity contribution in [1.29, 1.82) is 0 Å². The van der Waals surface area contributed by atoms with E-state index in [1.807, 2.05) is 42.5 Å². The topological polar surface area (TPSA) is 67.4 Å². The molecule has 3 aromatic carbocycles. The van der Waals surface area contributed by atoms with Crippen molar-refractivity contribution in [3.63, 3.8) is 0 Å². The smallest absolute Gasteiger partial charge is 0.262 e. The lowest BCUT2D eigenvalue weighted by Gasteiger charge is -2.23. The van der Waals surface area contributed by atoms with Gasteiger partial charge in [0.2, 0.25) is 0 Å². The fraction of sp³-hybridized carbons (Fsp3) is 0.280. The van der Waals surface area contributed by atoms with E-state index in [0.717, 1.165) is 36.5 Å². The number of carbonyl (C=O) groups is 2. The molecule has 1 fully saturated rings. The number of fused-ring (bicyclic) bond motifs is 1. The zero-order chi connectivity index (χ0) is 21.6. The van der Waals surface area contributed by atoms with Crippen LogP contribution >= 0.6 is 11.6 Å². The maximum atomic E-state index is 12.6. The zero-order valence-corrected chi connectivity index (χ0v) is 18.0. The predicted molar refractivity (Wildman–Crippen MR) is 124 cm³/mol. The van der Waals surface area contributed by atoms with E-state index in [0.29, 0.717) is 22.0 Å². The summed E-state index contributed by atoms with van der Waals surface area (Å²) in [5, 5.41) is 8.33. The average Bonchev–Trinajstić information content (AvgIpc) is 2.79. The minimum atomic E-state index is -0.347. The highest BCUT2D eigenvalue weighted by Gasteiger charge is 2.18. The predicted octanol–water partition coefficient (Wildman–Crippen LogP) is 5.57. The Hall–Kier alpha value is -3.05. The summed E-state index contributed by atoms with van der Waals surface area (Å²) in [5.74, 6) is 0.118. The van der Waals surface area contributed by atoms with E-state index in [1.165, 1.54) is 6.42 Å². The molecule has 0 heterocycles. The molecule has 1 aliphatic carbocycles. The van der Waals surface area contributed by atoms with Gasteiger partial charge in [0.05, 0.1) is 10.7 Å². The second-order valence-corrected chi connectivity index (χ2v) is 8.26. The highest BCUT2D eigenvalue weighted by Crippen LogP contribution is 2.25. The summed E-state index contributed by atoms with van der Waals surface area (Å²) in [6.07, 6.45) is 5.53. The molecule has 0 saturated heterocycles. The van der Waals surface area contributed by atoms with Gasteiger partial charge >= 0.3 is 0 Å². The number of anilines is 1. The molecule has 31 heavy (non-hydrogen) atoms. The van der Waals surface area contributed by atoms with Gasteiger partial charge in [-0.05, 0) is 53.9 Å². The molecule has 160 valence electrons. The first kappa shape index (κ1) is 21.2. The minimum absolute atomic E-state index is 0.147. The number of halogens is 1. The van der Waals surface area contributed by atoms with Crippen molar-refractivity contribution in [2.24, 2.45) is 0 Å². The number of hydrogen-bond donors (Lipinski definition) is 2. The molecule has 1 saturated carbocycles. The van der Waals surface area contributed by atoms with Crippen LogP contribution in [0.5, 0.6) is 5.75 Å². The number of benzene rings is 3. The fourth-order valence-electron chi connectivity index (χ4n) is 3.87. The summed E-state index contributed by atoms with van der Waals surface area (Å²) in [6.45, 7) is -0.160. The molecule has 4 rings (SSSR count). The van der Waals surface area contributed by atoms with Crippen LogP contribution in [0.15, 0.2) is 60.7 Å². The van der Waals surface area contributed by atoms with Crippen LogP contribution in [0, 0.1) is 0 Å². The molecule has 3 aromatic rings. The monoisotopic (exact) mass is 436 g/mol. The van der Waals surface area contributed by atoms with Crippen molar-refractivity contribution >= 4 is 39.9 Å². The van der Waals surface area contributed by atoms with Crippen LogP contribution < -0.4 is 15.4 Å². The van der Waals surface area contributed by atoms with Gasteiger partial charge in [-0.2, -0.15) is 0 Å². The second kappa shape index (κ2) is 9.84. The molecule has 0 radical (unpaired) electrons. The van der Waals surface area contributed by atoms with E-state index >= 15 is 0 Å². The van der Waals surface area contributed by atoms with Gasteiger partial charge in [-0.1, -0.05) is 61.2 Å². The van der Waals surface area contributed by atoms with Crippen LogP contribution in [0.4, 0.5) is 5.69 Å². The Kier molecular flexibility index (Phi) is 6.73. The Morgan fingerprint density at radius 1 is 0.935 bits per heavy atom. The van der Waals surface area contributed by atoms with Gasteiger partial charge in [-0.25, -0.2) is 0 Å². The van der Waals surface area contributed by atoms with E-state index < -0.39 is 0 Å². The van der Waals surface area contributed by atoms with Gasteiger partial charge in [0.25, 0.3) is 11.8 Å². The molecule has 0 spiro atoms. The third-order valence-electron chi connectivity index (χ3n) is 5.53. The van der Waals surface area contributed by atoms with Crippen LogP contribution in [0.3, 0.4) is 0 Å². The number of carbonyl (C=O) groups excluding carboxylic acids is 2. The molecule has 0 unspecified atom stereocenters. The Bertz CT molecular complexity index is 1090. The third kappa shape index (κ3) is 5.56. The van der Waals surface area contributed by atoms with Gasteiger partial charge in [0.1, 0.15) is 5.75 Å². The SMILES string of the molecule is O=C(COc1ccc2ccccc2c1)Nc1cc(C(=O)NC2CCCCC2)ccc1Cl. The van der Waals surface area contributed by atoms with E-state index in [9.17, 15) is 9.59 Å². The molecule has 0 aromatic heterocycles. The number of nitrogens with one attached hydrogen (secondary N) is 2. The minimum Gasteiger partial charge on any atom is -0.484 e. The first-order chi connectivity index (χ1) is 15.1. The zero-order valence-electron chi connectivity index (χ0n) is 17.2. The summed E-state index contributed by atoms with van der Waals surface area (Å²) in [5.41, 5.74) is 0.866. The van der Waals surface area contributed by atoms with Crippen LogP contribution in [-0.4, -0.2) is 24.5 Å². The molecule has 6 heteroatoms. The highest BCUT2D eigenvalue weighted by molar-refractivity contribution is 6.33. The first-order valence-corrected chi connectivity index (χ1v) is 11.0. The second-order valence-electron chi connectivity index (χ2n) is 7.85. The van der Waals surface area contributed by atoms with Crippen molar-refractivity contribution in [3.8, 4) is 5.75 Å². The Balaban J connectivity index is 1.36. The first-order valence-electron chi connectivity index (χ1n) is 10.6. The van der Waals surface area contributed by atoms with Gasteiger partial charge in [-0.3, -0.25) is 9.59 Å². The van der Waals surface area contributed by atoms with Crippen molar-refractivity contribution in [3.05, 3.63) is 71.2 Å². The highest BCUT2D eigenvalue weighted by atomic mass is 35.5. The average molecular weight is 437 g/mol. The van der Waals surface area contributed by atoms with Crippen LogP contribution in [-0.2, 0) is 4.79 Å². The quantitative estimate of drug-likeness (QED) is 0.530. The third-order valence-corrected chi connectivity index (χ3v) is 5.86. The van der Waals surface area contributed by atoms with E-state index in [2.05, 4.69) is 10.6 Å². The van der Waals surface area contributed by atoms with E-state index in [1.54, 1.807) is 18.2 Å². The maximum Gasteiger partial charge on any atom is 0.262 e. The Labute approximate surface area is 186 Å². The molecule has 2 amide bonds. The van der Waals surface area contributed by atoms with E-state index in [-0.39, 0.29) is 24.5 Å². The lowest BCUT2D eigenvalue weighted by atomic mass is 9.95. The van der Waals surface area contributed by atoms with Crippen LogP contribution in [0.25, 0.3) is 10.8 Å². The summed E-state index contributed by atoms with van der Waals surface area (Å²) < 4.78 is 5.63.